The third kappa shape index (κ3) is 2.03. The number of rotatable bonds is 2. The average Bonchev–Trinajstić information content (AvgIpc) is 2.64. The van der Waals surface area contributed by atoms with E-state index in [2.05, 4.69) is 28.2 Å². The normalized spacial score (nSPS) is 29.6. The van der Waals surface area contributed by atoms with Gasteiger partial charge in [0.2, 0.25) is 0 Å². The van der Waals surface area contributed by atoms with E-state index in [9.17, 15) is 4.39 Å². The molecule has 1 nitrogen and oxygen atoms in total. The standard InChI is InChI=1S/C13H17BrFN/c1-8-9(6-7-12(8)16-2)10-4-3-5-11(14)13(10)15/h3-5,8-9,12,16H,6-7H2,1-2H3. The Morgan fingerprint density at radius 1 is 1.38 bits per heavy atom. The van der Waals surface area contributed by atoms with E-state index in [1.807, 2.05) is 19.2 Å². The summed E-state index contributed by atoms with van der Waals surface area (Å²) in [4.78, 5) is 0. The molecule has 2 rings (SSSR count). The molecular formula is C13H17BrFN. The van der Waals surface area contributed by atoms with Gasteiger partial charge in [-0.15, -0.1) is 0 Å². The van der Waals surface area contributed by atoms with Crippen molar-refractivity contribution in [3.8, 4) is 0 Å². The minimum absolute atomic E-state index is 0.0869. The molecule has 0 amide bonds. The molecule has 1 aromatic rings. The van der Waals surface area contributed by atoms with Gasteiger partial charge in [-0.05, 0) is 59.3 Å². The zero-order valence-electron chi connectivity index (χ0n) is 9.63. The van der Waals surface area contributed by atoms with Gasteiger partial charge in [-0.3, -0.25) is 0 Å². The fourth-order valence-electron chi connectivity index (χ4n) is 2.82. The van der Waals surface area contributed by atoms with Crippen molar-refractivity contribution in [2.75, 3.05) is 7.05 Å². The molecular weight excluding hydrogens is 269 g/mol. The molecule has 0 spiro atoms. The van der Waals surface area contributed by atoms with Crippen LogP contribution in [-0.4, -0.2) is 13.1 Å². The van der Waals surface area contributed by atoms with Crippen molar-refractivity contribution in [2.45, 2.75) is 31.7 Å². The molecule has 1 aliphatic carbocycles. The van der Waals surface area contributed by atoms with Gasteiger partial charge in [0.1, 0.15) is 5.82 Å². The maximum absolute atomic E-state index is 14.0. The Hall–Kier alpha value is -0.410. The minimum Gasteiger partial charge on any atom is -0.317 e. The quantitative estimate of drug-likeness (QED) is 0.874. The second-order valence-corrected chi connectivity index (χ2v) is 5.44. The monoisotopic (exact) mass is 285 g/mol. The number of hydrogen-bond donors (Lipinski definition) is 1. The Morgan fingerprint density at radius 2 is 2.12 bits per heavy atom. The first-order chi connectivity index (χ1) is 7.65. The SMILES string of the molecule is CNC1CCC(c2cccc(Br)c2F)C1C. The van der Waals surface area contributed by atoms with E-state index in [4.69, 9.17) is 0 Å². The zero-order valence-corrected chi connectivity index (χ0v) is 11.2. The molecule has 1 aliphatic rings. The van der Waals surface area contributed by atoms with E-state index in [1.165, 1.54) is 0 Å². The number of hydrogen-bond acceptors (Lipinski definition) is 1. The molecule has 0 aliphatic heterocycles. The first kappa shape index (κ1) is 12.1. The molecule has 3 heteroatoms. The first-order valence-electron chi connectivity index (χ1n) is 5.76. The van der Waals surface area contributed by atoms with Gasteiger partial charge in [0.25, 0.3) is 0 Å². The van der Waals surface area contributed by atoms with Crippen molar-refractivity contribution < 1.29 is 4.39 Å². The van der Waals surface area contributed by atoms with Gasteiger partial charge in [0.15, 0.2) is 0 Å². The molecule has 16 heavy (non-hydrogen) atoms. The summed E-state index contributed by atoms with van der Waals surface area (Å²) < 4.78 is 14.6. The molecule has 0 radical (unpaired) electrons. The summed E-state index contributed by atoms with van der Waals surface area (Å²) in [5.41, 5.74) is 0.861. The Morgan fingerprint density at radius 3 is 2.75 bits per heavy atom. The predicted molar refractivity (Wildman–Crippen MR) is 68.1 cm³/mol. The molecule has 1 saturated carbocycles. The van der Waals surface area contributed by atoms with Crippen molar-refractivity contribution in [1.29, 1.82) is 0 Å². The topological polar surface area (TPSA) is 12.0 Å². The largest absolute Gasteiger partial charge is 0.317 e. The van der Waals surface area contributed by atoms with E-state index in [0.29, 0.717) is 22.4 Å². The maximum atomic E-state index is 14.0. The van der Waals surface area contributed by atoms with Crippen molar-refractivity contribution in [3.05, 3.63) is 34.1 Å². The average molecular weight is 286 g/mol. The van der Waals surface area contributed by atoms with Crippen LogP contribution < -0.4 is 5.32 Å². The second-order valence-electron chi connectivity index (χ2n) is 4.58. The summed E-state index contributed by atoms with van der Waals surface area (Å²) in [6.07, 6.45) is 2.20. The molecule has 1 fully saturated rings. The molecule has 1 aromatic carbocycles. The molecule has 3 unspecified atom stereocenters. The van der Waals surface area contributed by atoms with Crippen LogP contribution in [0.2, 0.25) is 0 Å². The molecule has 1 N–H and O–H groups in total. The predicted octanol–water partition coefficient (Wildman–Crippen LogP) is 3.69. The van der Waals surface area contributed by atoms with Gasteiger partial charge >= 0.3 is 0 Å². The highest BCUT2D eigenvalue weighted by molar-refractivity contribution is 9.10. The number of halogens is 2. The van der Waals surface area contributed by atoms with Gasteiger partial charge in [0.05, 0.1) is 4.47 Å². The lowest BCUT2D eigenvalue weighted by Crippen LogP contribution is -2.29. The fourth-order valence-corrected chi connectivity index (χ4v) is 3.20. The Bertz CT molecular complexity index is 380. The lowest BCUT2D eigenvalue weighted by Gasteiger charge is -2.21. The van der Waals surface area contributed by atoms with Crippen LogP contribution in [0.25, 0.3) is 0 Å². The molecule has 0 bridgehead atoms. The Balaban J connectivity index is 2.29. The van der Waals surface area contributed by atoms with Crippen molar-refractivity contribution in [2.24, 2.45) is 5.92 Å². The van der Waals surface area contributed by atoms with Crippen LogP contribution in [0.1, 0.15) is 31.2 Å². The molecule has 0 aromatic heterocycles. The number of nitrogens with one attached hydrogen (secondary N) is 1. The summed E-state index contributed by atoms with van der Waals surface area (Å²) in [6.45, 7) is 2.21. The highest BCUT2D eigenvalue weighted by Gasteiger charge is 2.34. The van der Waals surface area contributed by atoms with Crippen LogP contribution in [0.5, 0.6) is 0 Å². The van der Waals surface area contributed by atoms with Crippen LogP contribution >= 0.6 is 15.9 Å². The van der Waals surface area contributed by atoms with Crippen molar-refractivity contribution in [1.82, 2.24) is 5.32 Å². The minimum atomic E-state index is -0.0869. The van der Waals surface area contributed by atoms with Crippen molar-refractivity contribution >= 4 is 15.9 Å². The third-order valence-electron chi connectivity index (χ3n) is 3.81. The molecule has 3 atom stereocenters. The lowest BCUT2D eigenvalue weighted by atomic mass is 9.88. The van der Waals surface area contributed by atoms with Gasteiger partial charge in [-0.2, -0.15) is 0 Å². The van der Waals surface area contributed by atoms with Crippen molar-refractivity contribution in [3.63, 3.8) is 0 Å². The Kier molecular flexibility index (Phi) is 3.65. The smallest absolute Gasteiger partial charge is 0.140 e. The molecule has 88 valence electrons. The van der Waals surface area contributed by atoms with E-state index in [0.717, 1.165) is 18.4 Å². The van der Waals surface area contributed by atoms with Crippen LogP contribution in [0.3, 0.4) is 0 Å². The summed E-state index contributed by atoms with van der Waals surface area (Å²) in [5, 5.41) is 3.31. The zero-order chi connectivity index (χ0) is 11.7. The highest BCUT2D eigenvalue weighted by Crippen LogP contribution is 2.41. The maximum Gasteiger partial charge on any atom is 0.140 e. The van der Waals surface area contributed by atoms with Crippen LogP contribution in [0.15, 0.2) is 22.7 Å². The second kappa shape index (κ2) is 4.84. The van der Waals surface area contributed by atoms with Crippen LogP contribution in [0, 0.1) is 11.7 Å². The van der Waals surface area contributed by atoms with E-state index in [-0.39, 0.29) is 5.82 Å². The first-order valence-corrected chi connectivity index (χ1v) is 6.55. The van der Waals surface area contributed by atoms with E-state index in [1.54, 1.807) is 6.07 Å². The van der Waals surface area contributed by atoms with E-state index < -0.39 is 0 Å². The van der Waals surface area contributed by atoms with Gasteiger partial charge < -0.3 is 5.32 Å². The van der Waals surface area contributed by atoms with Gasteiger partial charge in [0, 0.05) is 6.04 Å². The van der Waals surface area contributed by atoms with Crippen LogP contribution in [0.4, 0.5) is 4.39 Å². The summed E-state index contributed by atoms with van der Waals surface area (Å²) in [7, 11) is 1.99. The van der Waals surface area contributed by atoms with Gasteiger partial charge in [-0.1, -0.05) is 19.1 Å². The van der Waals surface area contributed by atoms with Crippen LogP contribution in [-0.2, 0) is 0 Å². The third-order valence-corrected chi connectivity index (χ3v) is 4.42. The fraction of sp³-hybridized carbons (Fsp3) is 0.538. The Labute approximate surface area is 105 Å². The highest BCUT2D eigenvalue weighted by atomic mass is 79.9. The van der Waals surface area contributed by atoms with E-state index >= 15 is 0 Å². The van der Waals surface area contributed by atoms with Gasteiger partial charge in [-0.25, -0.2) is 4.39 Å². The summed E-state index contributed by atoms with van der Waals surface area (Å²) in [5.74, 6) is 0.750. The lowest BCUT2D eigenvalue weighted by molar-refractivity contribution is 0.420. The number of benzene rings is 1. The summed E-state index contributed by atoms with van der Waals surface area (Å²) >= 11 is 3.25. The molecule has 0 saturated heterocycles. The summed E-state index contributed by atoms with van der Waals surface area (Å²) in [6, 6.07) is 6.11. The molecule has 0 heterocycles.